The fourth-order valence-electron chi connectivity index (χ4n) is 2.57. The van der Waals surface area contributed by atoms with Crippen LogP contribution in [0.5, 0.6) is 0 Å². The second kappa shape index (κ2) is 5.89. The Kier molecular flexibility index (Phi) is 5.03. The largest absolute Gasteiger partial charge is 0.410 e. The van der Waals surface area contributed by atoms with E-state index in [1.165, 1.54) is 6.42 Å². The lowest BCUT2D eigenvalue weighted by Crippen LogP contribution is -2.49. The molecule has 1 fully saturated rings. The van der Waals surface area contributed by atoms with E-state index in [4.69, 9.17) is 4.43 Å². The van der Waals surface area contributed by atoms with Crippen molar-refractivity contribution in [3.05, 3.63) is 12.2 Å². The Morgan fingerprint density at radius 3 is 2.33 bits per heavy atom. The smallest absolute Gasteiger partial charge is 0.192 e. The van der Waals surface area contributed by atoms with Gasteiger partial charge in [0.1, 0.15) is 5.60 Å². The molecular weight excluding hydrogens is 316 g/mol. The van der Waals surface area contributed by atoms with Gasteiger partial charge in [-0.1, -0.05) is 32.9 Å². The third kappa shape index (κ3) is 3.57. The van der Waals surface area contributed by atoms with Crippen molar-refractivity contribution in [2.24, 2.45) is 0 Å². The lowest BCUT2D eigenvalue weighted by Gasteiger charge is -2.44. The third-order valence-corrected chi connectivity index (χ3v) is 13.2. The Morgan fingerprint density at radius 2 is 1.81 bits per heavy atom. The third-order valence-electron chi connectivity index (χ3n) is 5.18. The molecule has 1 aliphatic carbocycles. The minimum absolute atomic E-state index is 0.0656. The molecule has 2 aliphatic rings. The van der Waals surface area contributed by atoms with Gasteiger partial charge < -0.3 is 9.53 Å². The van der Waals surface area contributed by atoms with E-state index in [2.05, 4.69) is 46.9 Å². The highest BCUT2D eigenvalue weighted by Crippen LogP contribution is 2.53. The van der Waals surface area contributed by atoms with E-state index in [1.54, 1.807) is 0 Å². The van der Waals surface area contributed by atoms with Crippen molar-refractivity contribution in [2.45, 2.75) is 74.5 Å². The van der Waals surface area contributed by atoms with Gasteiger partial charge in [0, 0.05) is 6.42 Å². The second-order valence-electron chi connectivity index (χ2n) is 7.90. The van der Waals surface area contributed by atoms with Crippen molar-refractivity contribution in [3.63, 3.8) is 0 Å². The van der Waals surface area contributed by atoms with Crippen LogP contribution < -0.4 is 0 Å². The summed E-state index contributed by atoms with van der Waals surface area (Å²) in [7, 11) is -1.78. The predicted molar refractivity (Wildman–Crippen MR) is 98.7 cm³/mol. The molecule has 5 heteroatoms. The zero-order valence-electron chi connectivity index (χ0n) is 14.2. The first-order chi connectivity index (χ1) is 9.49. The summed E-state index contributed by atoms with van der Waals surface area (Å²) in [6.45, 7) is 13.5. The number of aliphatic hydroxyl groups is 1. The van der Waals surface area contributed by atoms with E-state index in [1.807, 2.05) is 29.6 Å². The standard InChI is InChI=1S/C16H30O2S2Si/c1-14(2,3)21(5,6)18-13-8-9-16(17,12-13)15(4)19-10-7-11-20-15/h8-9,13,17H,7,10-12H2,1-6H3/t13-,16+/m1/s1. The number of thioether (sulfide) groups is 2. The van der Waals surface area contributed by atoms with Crippen molar-refractivity contribution in [3.8, 4) is 0 Å². The Balaban J connectivity index is 2.05. The van der Waals surface area contributed by atoms with Crippen LogP contribution in [0.2, 0.25) is 18.1 Å². The lowest BCUT2D eigenvalue weighted by molar-refractivity contribution is 0.0539. The van der Waals surface area contributed by atoms with Crippen LogP contribution in [0, 0.1) is 0 Å². The van der Waals surface area contributed by atoms with Crippen LogP contribution >= 0.6 is 23.5 Å². The van der Waals surface area contributed by atoms with Gasteiger partial charge in [-0.15, -0.1) is 23.5 Å². The van der Waals surface area contributed by atoms with Crippen LogP contribution in [0.1, 0.15) is 40.5 Å². The maximum absolute atomic E-state index is 11.2. The van der Waals surface area contributed by atoms with Gasteiger partial charge in [-0.2, -0.15) is 0 Å². The highest BCUT2D eigenvalue weighted by Gasteiger charge is 2.51. The first-order valence-electron chi connectivity index (χ1n) is 7.87. The predicted octanol–water partition coefficient (Wildman–Crippen LogP) is 4.65. The minimum atomic E-state index is -1.78. The molecule has 0 aromatic rings. The van der Waals surface area contributed by atoms with E-state index in [0.717, 1.165) is 11.5 Å². The first kappa shape index (κ1) is 17.9. The van der Waals surface area contributed by atoms with Crippen molar-refractivity contribution in [1.29, 1.82) is 0 Å². The van der Waals surface area contributed by atoms with Gasteiger partial charge in [-0.25, -0.2) is 0 Å². The SMILES string of the molecule is CC1([C@]2(O)C=C[C@@H](O[Si](C)(C)C(C)(C)C)C2)SCCCS1. The average Bonchev–Trinajstić information content (AvgIpc) is 2.71. The monoisotopic (exact) mass is 346 g/mol. The molecule has 1 aliphatic heterocycles. The van der Waals surface area contributed by atoms with Gasteiger partial charge in [0.25, 0.3) is 0 Å². The zero-order valence-corrected chi connectivity index (χ0v) is 16.9. The summed E-state index contributed by atoms with van der Waals surface area (Å²) in [5, 5.41) is 11.4. The van der Waals surface area contributed by atoms with Crippen LogP contribution in [0.15, 0.2) is 12.2 Å². The highest BCUT2D eigenvalue weighted by molar-refractivity contribution is 8.18. The van der Waals surface area contributed by atoms with Gasteiger partial charge in [0.2, 0.25) is 0 Å². The molecule has 0 spiro atoms. The minimum Gasteiger partial charge on any atom is -0.410 e. The summed E-state index contributed by atoms with van der Waals surface area (Å²) >= 11 is 3.81. The van der Waals surface area contributed by atoms with Gasteiger partial charge >= 0.3 is 0 Å². The van der Waals surface area contributed by atoms with Crippen molar-refractivity contribution in [1.82, 2.24) is 0 Å². The molecule has 1 saturated heterocycles. The van der Waals surface area contributed by atoms with Gasteiger partial charge in [-0.05, 0) is 43.0 Å². The highest BCUT2D eigenvalue weighted by atomic mass is 32.2. The van der Waals surface area contributed by atoms with E-state index >= 15 is 0 Å². The Morgan fingerprint density at radius 1 is 1.24 bits per heavy atom. The Hall–Kier alpha value is 0.577. The molecule has 122 valence electrons. The summed E-state index contributed by atoms with van der Waals surface area (Å²) in [5.74, 6) is 2.29. The molecule has 1 N–H and O–H groups in total. The molecule has 0 amide bonds. The van der Waals surface area contributed by atoms with Gasteiger partial charge in [-0.3, -0.25) is 0 Å². The number of hydrogen-bond acceptors (Lipinski definition) is 4. The van der Waals surface area contributed by atoms with Gasteiger partial charge in [0.05, 0.1) is 10.2 Å². The van der Waals surface area contributed by atoms with Crippen molar-refractivity contribution >= 4 is 31.8 Å². The zero-order chi connectivity index (χ0) is 15.9. The summed E-state index contributed by atoms with van der Waals surface area (Å²) < 4.78 is 6.34. The molecule has 21 heavy (non-hydrogen) atoms. The Labute approximate surface area is 139 Å². The van der Waals surface area contributed by atoms with Gasteiger partial charge in [0.15, 0.2) is 8.32 Å². The molecule has 0 aromatic carbocycles. The second-order valence-corrected chi connectivity index (χ2v) is 15.9. The summed E-state index contributed by atoms with van der Waals surface area (Å²) in [4.78, 5) is 0. The van der Waals surface area contributed by atoms with Crippen molar-refractivity contribution < 1.29 is 9.53 Å². The maximum Gasteiger partial charge on any atom is 0.192 e. The molecular formula is C16H30O2S2Si. The summed E-state index contributed by atoms with van der Waals surface area (Å²) in [6, 6.07) is 0. The number of hydrogen-bond donors (Lipinski definition) is 1. The van der Waals surface area contributed by atoms with E-state index < -0.39 is 13.9 Å². The first-order valence-corrected chi connectivity index (χ1v) is 12.7. The van der Waals surface area contributed by atoms with Crippen molar-refractivity contribution in [2.75, 3.05) is 11.5 Å². The Bertz CT molecular complexity index is 411. The van der Waals surface area contributed by atoms with E-state index in [0.29, 0.717) is 6.42 Å². The fraction of sp³-hybridized carbons (Fsp3) is 0.875. The average molecular weight is 347 g/mol. The molecule has 2 rings (SSSR count). The van der Waals surface area contributed by atoms with Crippen LogP contribution in [0.3, 0.4) is 0 Å². The molecule has 0 saturated carbocycles. The van der Waals surface area contributed by atoms with Crippen LogP contribution in [-0.4, -0.2) is 40.7 Å². The topological polar surface area (TPSA) is 29.5 Å². The number of rotatable bonds is 3. The quantitative estimate of drug-likeness (QED) is 0.595. The van der Waals surface area contributed by atoms with Crippen LogP contribution in [-0.2, 0) is 4.43 Å². The molecule has 2 atom stereocenters. The molecule has 0 aromatic heterocycles. The van der Waals surface area contributed by atoms with Crippen LogP contribution in [0.25, 0.3) is 0 Å². The van der Waals surface area contributed by atoms with E-state index in [-0.39, 0.29) is 15.2 Å². The summed E-state index contributed by atoms with van der Waals surface area (Å²) in [5.41, 5.74) is -0.740. The molecule has 0 radical (unpaired) electrons. The fourth-order valence-corrected chi connectivity index (χ4v) is 7.01. The normalized spacial score (nSPS) is 33.4. The van der Waals surface area contributed by atoms with E-state index in [9.17, 15) is 5.11 Å². The van der Waals surface area contributed by atoms with Crippen LogP contribution in [0.4, 0.5) is 0 Å². The lowest BCUT2D eigenvalue weighted by atomic mass is 9.99. The molecule has 2 nitrogen and oxygen atoms in total. The maximum atomic E-state index is 11.2. The molecule has 0 unspecified atom stereocenters. The molecule has 0 bridgehead atoms. The summed E-state index contributed by atoms with van der Waals surface area (Å²) in [6.07, 6.45) is 6.12. The molecule has 1 heterocycles.